The van der Waals surface area contributed by atoms with Crippen LogP contribution >= 0.6 is 0 Å². The van der Waals surface area contributed by atoms with Gasteiger partial charge >= 0.3 is 0 Å². The van der Waals surface area contributed by atoms with Gasteiger partial charge in [-0.3, -0.25) is 0 Å². The van der Waals surface area contributed by atoms with Gasteiger partial charge in [-0.25, -0.2) is 9.79 Å². The highest BCUT2D eigenvalue weighted by molar-refractivity contribution is 5.33. The van der Waals surface area contributed by atoms with Crippen LogP contribution < -0.4 is 0 Å². The summed E-state index contributed by atoms with van der Waals surface area (Å²) in [7, 11) is 0. The van der Waals surface area contributed by atoms with Crippen molar-refractivity contribution in [2.24, 2.45) is 22.7 Å². The van der Waals surface area contributed by atoms with Crippen LogP contribution in [0.2, 0.25) is 0 Å². The highest BCUT2D eigenvalue weighted by atomic mass is 16.1. The van der Waals surface area contributed by atoms with E-state index >= 15 is 0 Å². The van der Waals surface area contributed by atoms with Crippen LogP contribution in [0, 0.1) is 17.8 Å². The van der Waals surface area contributed by atoms with Crippen molar-refractivity contribution in [2.45, 2.75) is 70.8 Å². The number of hydrogen-bond acceptors (Lipinski definition) is 2. The van der Waals surface area contributed by atoms with E-state index in [2.05, 4.69) is 11.9 Å². The van der Waals surface area contributed by atoms with Crippen molar-refractivity contribution < 1.29 is 4.79 Å². The van der Waals surface area contributed by atoms with Crippen molar-refractivity contribution in [1.29, 1.82) is 0 Å². The van der Waals surface area contributed by atoms with Gasteiger partial charge in [0.2, 0.25) is 6.08 Å². The molecule has 0 aromatic rings. The molecule has 2 atom stereocenters. The molecule has 2 saturated carbocycles. The average Bonchev–Trinajstić information content (AvgIpc) is 2.32. The molecule has 0 aromatic heterocycles. The fraction of sp³-hybridized carbons (Fsp3) is 0.933. The Hall–Kier alpha value is -0.620. The van der Waals surface area contributed by atoms with E-state index in [1.165, 1.54) is 44.9 Å². The Morgan fingerprint density at radius 3 is 2.47 bits per heavy atom. The molecule has 0 heterocycles. The van der Waals surface area contributed by atoms with Gasteiger partial charge in [-0.05, 0) is 56.3 Å². The second-order valence-electron chi connectivity index (χ2n) is 6.27. The Bertz CT molecular complexity index is 275. The fourth-order valence-electron chi connectivity index (χ4n) is 3.83. The Kier molecular flexibility index (Phi) is 4.79. The summed E-state index contributed by atoms with van der Waals surface area (Å²) in [5, 5.41) is 0. The van der Waals surface area contributed by atoms with E-state index in [9.17, 15) is 4.79 Å². The lowest BCUT2D eigenvalue weighted by atomic mass is 9.74. The average molecular weight is 235 g/mol. The van der Waals surface area contributed by atoms with Gasteiger partial charge in [-0.1, -0.05) is 26.2 Å². The standard InChI is InChI=1S/C15H25NO/c1-12-3-2-4-14(9-12)10-13-5-7-15(8-6-13)16-11-17/h12-15H,2-10H2,1H3. The van der Waals surface area contributed by atoms with Gasteiger partial charge in [0.1, 0.15) is 0 Å². The molecule has 96 valence electrons. The fourth-order valence-corrected chi connectivity index (χ4v) is 3.83. The van der Waals surface area contributed by atoms with E-state index in [-0.39, 0.29) is 6.04 Å². The second-order valence-corrected chi connectivity index (χ2v) is 6.27. The molecule has 2 nitrogen and oxygen atoms in total. The minimum absolute atomic E-state index is 0.286. The van der Waals surface area contributed by atoms with Crippen molar-refractivity contribution in [3.05, 3.63) is 0 Å². The van der Waals surface area contributed by atoms with Crippen LogP contribution in [0.5, 0.6) is 0 Å². The third-order valence-electron chi connectivity index (χ3n) is 4.76. The monoisotopic (exact) mass is 235 g/mol. The third kappa shape index (κ3) is 3.96. The number of isocyanates is 1. The van der Waals surface area contributed by atoms with Crippen molar-refractivity contribution >= 4 is 6.08 Å². The first kappa shape index (κ1) is 12.8. The summed E-state index contributed by atoms with van der Waals surface area (Å²) in [6.07, 6.45) is 13.7. The molecule has 0 amide bonds. The Morgan fingerprint density at radius 2 is 1.82 bits per heavy atom. The first-order chi connectivity index (χ1) is 8.28. The van der Waals surface area contributed by atoms with Crippen LogP contribution in [0.15, 0.2) is 4.99 Å². The largest absolute Gasteiger partial charge is 0.235 e. The van der Waals surface area contributed by atoms with E-state index in [1.54, 1.807) is 6.08 Å². The molecular formula is C15H25NO. The molecule has 2 unspecified atom stereocenters. The van der Waals surface area contributed by atoms with Crippen molar-refractivity contribution in [2.75, 3.05) is 0 Å². The molecule has 2 aliphatic carbocycles. The molecule has 0 radical (unpaired) electrons. The van der Waals surface area contributed by atoms with E-state index in [0.717, 1.165) is 30.6 Å². The van der Waals surface area contributed by atoms with E-state index in [1.807, 2.05) is 0 Å². The summed E-state index contributed by atoms with van der Waals surface area (Å²) >= 11 is 0. The highest BCUT2D eigenvalue weighted by Gasteiger charge is 2.26. The third-order valence-corrected chi connectivity index (χ3v) is 4.76. The highest BCUT2D eigenvalue weighted by Crippen LogP contribution is 2.37. The zero-order chi connectivity index (χ0) is 12.1. The van der Waals surface area contributed by atoms with Gasteiger partial charge in [0.05, 0.1) is 6.04 Å². The Balaban J connectivity index is 1.72. The summed E-state index contributed by atoms with van der Waals surface area (Å²) in [5.41, 5.74) is 0. The van der Waals surface area contributed by atoms with Crippen LogP contribution in [0.4, 0.5) is 0 Å². The molecule has 0 saturated heterocycles. The molecule has 0 N–H and O–H groups in total. The number of rotatable bonds is 3. The van der Waals surface area contributed by atoms with E-state index in [0.29, 0.717) is 0 Å². The molecule has 0 aromatic carbocycles. The maximum Gasteiger partial charge on any atom is 0.235 e. The summed E-state index contributed by atoms with van der Waals surface area (Å²) < 4.78 is 0. The number of carbonyl (C=O) groups excluding carboxylic acids is 1. The second kappa shape index (κ2) is 6.35. The Labute approximate surface area is 105 Å². The molecule has 2 heteroatoms. The minimum Gasteiger partial charge on any atom is -0.211 e. The minimum atomic E-state index is 0.286. The first-order valence-electron chi connectivity index (χ1n) is 7.35. The van der Waals surface area contributed by atoms with Gasteiger partial charge in [0.25, 0.3) is 0 Å². The molecular weight excluding hydrogens is 210 g/mol. The summed E-state index contributed by atoms with van der Waals surface area (Å²) in [6.45, 7) is 2.40. The summed E-state index contributed by atoms with van der Waals surface area (Å²) in [4.78, 5) is 14.1. The van der Waals surface area contributed by atoms with Gasteiger partial charge in [0, 0.05) is 0 Å². The quantitative estimate of drug-likeness (QED) is 0.535. The van der Waals surface area contributed by atoms with Gasteiger partial charge < -0.3 is 0 Å². The lowest BCUT2D eigenvalue weighted by Gasteiger charge is -2.32. The molecule has 0 bridgehead atoms. The van der Waals surface area contributed by atoms with E-state index < -0.39 is 0 Å². The van der Waals surface area contributed by atoms with Crippen molar-refractivity contribution in [3.63, 3.8) is 0 Å². The number of aliphatic imine (C=N–C) groups is 1. The predicted octanol–water partition coefficient (Wildman–Crippen LogP) is 4.10. The summed E-state index contributed by atoms with van der Waals surface area (Å²) in [6, 6.07) is 0.286. The predicted molar refractivity (Wildman–Crippen MR) is 69.6 cm³/mol. The topological polar surface area (TPSA) is 29.4 Å². The number of nitrogens with zero attached hydrogens (tertiary/aromatic N) is 1. The van der Waals surface area contributed by atoms with Gasteiger partial charge in [0.15, 0.2) is 0 Å². The van der Waals surface area contributed by atoms with Crippen LogP contribution in [0.25, 0.3) is 0 Å². The van der Waals surface area contributed by atoms with Crippen molar-refractivity contribution in [1.82, 2.24) is 0 Å². The first-order valence-corrected chi connectivity index (χ1v) is 7.35. The molecule has 2 fully saturated rings. The molecule has 0 spiro atoms. The SMILES string of the molecule is CC1CCCC(CC2CCC(N=C=O)CC2)C1. The Morgan fingerprint density at radius 1 is 1.06 bits per heavy atom. The zero-order valence-corrected chi connectivity index (χ0v) is 11.0. The maximum absolute atomic E-state index is 10.2. The van der Waals surface area contributed by atoms with Gasteiger partial charge in [-0.15, -0.1) is 0 Å². The smallest absolute Gasteiger partial charge is 0.211 e. The van der Waals surface area contributed by atoms with Crippen LogP contribution in [-0.2, 0) is 4.79 Å². The lowest BCUT2D eigenvalue weighted by Crippen LogP contribution is -2.22. The van der Waals surface area contributed by atoms with Crippen molar-refractivity contribution in [3.8, 4) is 0 Å². The normalized spacial score (nSPS) is 38.4. The van der Waals surface area contributed by atoms with Crippen LogP contribution in [0.1, 0.15) is 64.7 Å². The van der Waals surface area contributed by atoms with E-state index in [4.69, 9.17) is 0 Å². The number of hydrogen-bond donors (Lipinski definition) is 0. The molecule has 2 aliphatic rings. The van der Waals surface area contributed by atoms with Crippen LogP contribution in [0.3, 0.4) is 0 Å². The maximum atomic E-state index is 10.2. The lowest BCUT2D eigenvalue weighted by molar-refractivity contribution is 0.206. The van der Waals surface area contributed by atoms with Crippen LogP contribution in [-0.4, -0.2) is 12.1 Å². The molecule has 2 rings (SSSR count). The van der Waals surface area contributed by atoms with Gasteiger partial charge in [-0.2, -0.15) is 0 Å². The molecule has 0 aliphatic heterocycles. The summed E-state index contributed by atoms with van der Waals surface area (Å²) in [5.74, 6) is 2.84. The zero-order valence-electron chi connectivity index (χ0n) is 11.0. The molecule has 17 heavy (non-hydrogen) atoms.